The van der Waals surface area contributed by atoms with Gasteiger partial charge in [-0.1, -0.05) is 126 Å². The first-order valence-electron chi connectivity index (χ1n) is 21.6. The summed E-state index contributed by atoms with van der Waals surface area (Å²) >= 11 is 3.77. The Morgan fingerprint density at radius 1 is 0.500 bits per heavy atom. The Balaban J connectivity index is 1.11. The molecule has 1 aliphatic rings. The quantitative estimate of drug-likeness (QED) is 0.180. The number of hydrogen-bond acceptors (Lipinski definition) is 4. The Morgan fingerprint density at radius 3 is 2.00 bits per heavy atom. The summed E-state index contributed by atoms with van der Waals surface area (Å²) in [6.45, 7) is 13.7. The summed E-state index contributed by atoms with van der Waals surface area (Å²) in [6.07, 6.45) is 0. The van der Waals surface area contributed by atoms with Crippen LogP contribution in [0.15, 0.2) is 144 Å². The van der Waals surface area contributed by atoms with E-state index in [1.807, 2.05) is 22.7 Å². The first-order valence-corrected chi connectivity index (χ1v) is 23.2. The number of para-hydroxylation sites is 1. The van der Waals surface area contributed by atoms with Crippen molar-refractivity contribution in [3.05, 3.63) is 151 Å². The largest absolute Gasteiger partial charge is 0.456 e. The van der Waals surface area contributed by atoms with Gasteiger partial charge in [-0.3, -0.25) is 0 Å². The van der Waals surface area contributed by atoms with Gasteiger partial charge in [-0.25, -0.2) is 0 Å². The van der Waals surface area contributed by atoms with Gasteiger partial charge in [-0.05, 0) is 99.0 Å². The number of thiophene rings is 2. The van der Waals surface area contributed by atoms with E-state index < -0.39 is 0 Å². The third kappa shape index (κ3) is 5.29. The SMILES string of the molecule is CC(C)(C)c1ccc(Nc2cc3sc4cc(C(C)(C)C)ccc4c3cc2-c2ccc3c4cc5oc6ccccc6c5cc4n4c3c2[B]c2cc3c(cc2-4)sc2ccccc23)cc1. The predicted molar refractivity (Wildman–Crippen MR) is 271 cm³/mol. The van der Waals surface area contributed by atoms with Gasteiger partial charge in [0.1, 0.15) is 11.2 Å². The molecule has 0 unspecified atom stereocenters. The summed E-state index contributed by atoms with van der Waals surface area (Å²) < 4.78 is 14.3. The topological polar surface area (TPSA) is 30.1 Å². The molecule has 1 aliphatic heterocycles. The maximum absolute atomic E-state index is 6.52. The van der Waals surface area contributed by atoms with Gasteiger partial charge in [0.25, 0.3) is 0 Å². The molecule has 6 heteroatoms. The smallest absolute Gasteiger partial charge is 0.197 e. The van der Waals surface area contributed by atoms with Crippen LogP contribution in [-0.2, 0) is 10.8 Å². The van der Waals surface area contributed by atoms with Gasteiger partial charge in [-0.2, -0.15) is 0 Å². The fourth-order valence-corrected chi connectivity index (χ4v) is 12.3. The average molecular weight is 834 g/mol. The number of nitrogens with one attached hydrogen (secondary N) is 1. The molecule has 0 fully saturated rings. The number of hydrogen-bond donors (Lipinski definition) is 1. The van der Waals surface area contributed by atoms with E-state index in [4.69, 9.17) is 4.42 Å². The maximum Gasteiger partial charge on any atom is 0.197 e. The third-order valence-corrected chi connectivity index (χ3v) is 15.6. The van der Waals surface area contributed by atoms with Gasteiger partial charge in [0.05, 0.1) is 5.52 Å². The van der Waals surface area contributed by atoms with E-state index in [1.165, 1.54) is 101 Å². The monoisotopic (exact) mass is 833 g/mol. The molecule has 1 radical (unpaired) electrons. The zero-order valence-electron chi connectivity index (χ0n) is 35.5. The lowest BCUT2D eigenvalue weighted by molar-refractivity contribution is 0.590. The van der Waals surface area contributed by atoms with E-state index in [1.54, 1.807) is 0 Å². The highest BCUT2D eigenvalue weighted by Crippen LogP contribution is 2.46. The second-order valence-electron chi connectivity index (χ2n) is 19.3. The number of nitrogens with zero attached hydrogens (tertiary/aromatic N) is 1. The van der Waals surface area contributed by atoms with E-state index in [-0.39, 0.29) is 10.8 Å². The van der Waals surface area contributed by atoms with Crippen molar-refractivity contribution in [3.63, 3.8) is 0 Å². The van der Waals surface area contributed by atoms with Crippen molar-refractivity contribution in [2.75, 3.05) is 5.32 Å². The van der Waals surface area contributed by atoms with Crippen LogP contribution < -0.4 is 16.2 Å². The molecule has 0 spiro atoms. The molecule has 0 bridgehead atoms. The van der Waals surface area contributed by atoms with Crippen LogP contribution in [0.25, 0.3) is 101 Å². The Hall–Kier alpha value is -6.34. The Bertz CT molecular complexity index is 3880. The summed E-state index contributed by atoms with van der Waals surface area (Å²) in [4.78, 5) is 0. The average Bonchev–Trinajstić information content (AvgIpc) is 4.00. The summed E-state index contributed by atoms with van der Waals surface area (Å²) in [5, 5.41) is 13.9. The molecule has 0 atom stereocenters. The highest BCUT2D eigenvalue weighted by molar-refractivity contribution is 7.26. The molecule has 0 saturated carbocycles. The van der Waals surface area contributed by atoms with E-state index in [9.17, 15) is 0 Å². The van der Waals surface area contributed by atoms with Gasteiger partial charge in [0.2, 0.25) is 0 Å². The van der Waals surface area contributed by atoms with Crippen molar-refractivity contribution >= 4 is 136 Å². The van der Waals surface area contributed by atoms with Crippen LogP contribution in [0.5, 0.6) is 0 Å². The van der Waals surface area contributed by atoms with E-state index >= 15 is 0 Å². The fraction of sp³-hybridized carbons (Fsp3) is 0.143. The van der Waals surface area contributed by atoms with Crippen LogP contribution in [0.4, 0.5) is 11.4 Å². The minimum Gasteiger partial charge on any atom is -0.456 e. The maximum atomic E-state index is 6.52. The molecule has 0 saturated heterocycles. The molecule has 8 aromatic carbocycles. The third-order valence-electron chi connectivity index (χ3n) is 13.3. The minimum atomic E-state index is 0.0701. The number of benzene rings is 8. The molecule has 0 aliphatic carbocycles. The highest BCUT2D eigenvalue weighted by atomic mass is 32.1. The molecule has 62 heavy (non-hydrogen) atoms. The number of aromatic nitrogens is 1. The Kier molecular flexibility index (Phi) is 7.40. The van der Waals surface area contributed by atoms with Crippen molar-refractivity contribution in [1.29, 1.82) is 0 Å². The van der Waals surface area contributed by atoms with Gasteiger partial charge < -0.3 is 14.3 Å². The zero-order chi connectivity index (χ0) is 41.8. The minimum absolute atomic E-state index is 0.0701. The number of rotatable bonds is 3. The summed E-state index contributed by atoms with van der Waals surface area (Å²) in [5.74, 6) is 0. The molecule has 4 aromatic heterocycles. The lowest BCUT2D eigenvalue weighted by atomic mass is 9.59. The molecule has 1 N–H and O–H groups in total. The van der Waals surface area contributed by atoms with Crippen molar-refractivity contribution in [3.8, 4) is 16.8 Å². The van der Waals surface area contributed by atoms with E-state index in [0.29, 0.717) is 0 Å². The van der Waals surface area contributed by atoms with Gasteiger partial charge >= 0.3 is 0 Å². The standard InChI is InChI=1S/C56H42BN2OS2/c1-55(2,3)30-15-18-32(19-16-30)58-44-28-51-41(35-20-17-31(56(4,5)6)23-50(35)62-51)24-38(44)36-21-22-37-39-27-48-40(33-11-7-9-13-47(33)60-48)26-45(39)59-46-29-52-42(25-43(46)57-53(36)54(37)59)34-12-8-10-14-49(34)61-52/h7-29,58H,1-6H3. The first kappa shape index (κ1) is 36.3. The molecule has 13 rings (SSSR count). The lowest BCUT2D eigenvalue weighted by Gasteiger charge is -2.24. The van der Waals surface area contributed by atoms with Crippen LogP contribution in [0, 0.1) is 0 Å². The number of anilines is 2. The normalized spacial score (nSPS) is 13.1. The summed E-state index contributed by atoms with van der Waals surface area (Å²) in [5.41, 5.74) is 15.3. The molecule has 0 amide bonds. The predicted octanol–water partition coefficient (Wildman–Crippen LogP) is 15.4. The van der Waals surface area contributed by atoms with Crippen molar-refractivity contribution in [1.82, 2.24) is 4.57 Å². The van der Waals surface area contributed by atoms with Crippen molar-refractivity contribution in [2.24, 2.45) is 0 Å². The van der Waals surface area contributed by atoms with Crippen LogP contribution in [0.1, 0.15) is 52.7 Å². The van der Waals surface area contributed by atoms with Crippen LogP contribution >= 0.6 is 22.7 Å². The van der Waals surface area contributed by atoms with E-state index in [2.05, 4.69) is 198 Å². The van der Waals surface area contributed by atoms with Gasteiger partial charge in [-0.15, -0.1) is 22.7 Å². The summed E-state index contributed by atoms with van der Waals surface area (Å²) in [7, 11) is 2.46. The Labute approximate surface area is 368 Å². The number of fused-ring (bicyclic) bond motifs is 14. The van der Waals surface area contributed by atoms with E-state index in [0.717, 1.165) is 33.3 Å². The fourth-order valence-electron chi connectivity index (χ4n) is 10.0. The molecular weight excluding hydrogens is 792 g/mol. The highest BCUT2D eigenvalue weighted by Gasteiger charge is 2.29. The second-order valence-corrected chi connectivity index (χ2v) is 21.4. The Morgan fingerprint density at radius 2 is 1.18 bits per heavy atom. The van der Waals surface area contributed by atoms with Gasteiger partial charge in [0.15, 0.2) is 7.28 Å². The molecule has 3 nitrogen and oxygen atoms in total. The van der Waals surface area contributed by atoms with Gasteiger partial charge in [0, 0.05) is 84.6 Å². The first-order chi connectivity index (χ1) is 29.9. The zero-order valence-corrected chi connectivity index (χ0v) is 37.2. The molecular formula is C56H42BN2OS2. The summed E-state index contributed by atoms with van der Waals surface area (Å²) in [6, 6.07) is 52.4. The second kappa shape index (κ2) is 12.6. The van der Waals surface area contributed by atoms with Crippen LogP contribution in [-0.4, -0.2) is 11.8 Å². The van der Waals surface area contributed by atoms with Crippen molar-refractivity contribution in [2.45, 2.75) is 52.4 Å². The lowest BCUT2D eigenvalue weighted by Crippen LogP contribution is -2.37. The molecule has 12 aromatic rings. The number of furan rings is 1. The molecule has 297 valence electrons. The van der Waals surface area contributed by atoms with Crippen LogP contribution in [0.3, 0.4) is 0 Å². The molecule has 5 heterocycles. The van der Waals surface area contributed by atoms with Crippen LogP contribution in [0.2, 0.25) is 0 Å². The van der Waals surface area contributed by atoms with Crippen molar-refractivity contribution < 1.29 is 4.42 Å².